The molecule has 0 bridgehead atoms. The Morgan fingerprint density at radius 2 is 1.84 bits per heavy atom. The first-order valence-corrected chi connectivity index (χ1v) is 15.5. The van der Waals surface area contributed by atoms with E-state index in [1.165, 1.54) is 11.3 Å². The molecule has 0 amide bonds. The maximum absolute atomic E-state index is 14.1. The predicted molar refractivity (Wildman–Crippen MR) is 164 cm³/mol. The molecular weight excluding hydrogens is 594 g/mol. The molecule has 7 rings (SSSR count). The highest BCUT2D eigenvalue weighted by Gasteiger charge is 2.32. The van der Waals surface area contributed by atoms with Crippen LogP contribution in [0.3, 0.4) is 0 Å². The molecule has 11 heteroatoms. The Morgan fingerprint density at radius 3 is 2.49 bits per heavy atom. The molecule has 0 atom stereocenters. The van der Waals surface area contributed by atoms with E-state index in [0.29, 0.717) is 22.3 Å². The lowest BCUT2D eigenvalue weighted by atomic mass is 9.90. The molecule has 5 aromatic rings. The molecule has 222 valence electrons. The van der Waals surface area contributed by atoms with Crippen LogP contribution in [-0.4, -0.2) is 63.1 Å². The minimum Gasteiger partial charge on any atom is -0.481 e. The molecule has 2 fully saturated rings. The molecule has 2 aromatic heterocycles. The molecule has 0 spiro atoms. The number of carbonyl (C=O) groups is 1. The number of thiazole rings is 1. The number of piperidine rings is 1. The molecular formula is C32H29ClF2N4O3S. The van der Waals surface area contributed by atoms with Crippen LogP contribution in [0.25, 0.3) is 42.8 Å². The van der Waals surface area contributed by atoms with Gasteiger partial charge in [-0.1, -0.05) is 23.7 Å². The third kappa shape index (κ3) is 5.20. The number of ether oxygens (including phenoxy) is 1. The third-order valence-electron chi connectivity index (χ3n) is 8.69. The summed E-state index contributed by atoms with van der Waals surface area (Å²) in [6.45, 7) is 2.47. The Balaban J connectivity index is 1.32. The zero-order valence-corrected chi connectivity index (χ0v) is 25.0. The fourth-order valence-electron chi connectivity index (χ4n) is 6.38. The minimum atomic E-state index is -2.74. The van der Waals surface area contributed by atoms with E-state index in [0.717, 1.165) is 92.3 Å². The number of benzene rings is 3. The summed E-state index contributed by atoms with van der Waals surface area (Å²) in [5.74, 6) is -0.827. The van der Waals surface area contributed by atoms with Crippen LogP contribution in [0, 0.1) is 6.92 Å². The van der Waals surface area contributed by atoms with Gasteiger partial charge in [0.2, 0.25) is 0 Å². The van der Waals surface area contributed by atoms with Gasteiger partial charge in [-0.2, -0.15) is 13.9 Å². The largest absolute Gasteiger partial charge is 0.481 e. The quantitative estimate of drug-likeness (QED) is 0.202. The second kappa shape index (κ2) is 11.2. The van der Waals surface area contributed by atoms with Crippen molar-refractivity contribution in [2.45, 2.75) is 44.7 Å². The van der Waals surface area contributed by atoms with Crippen molar-refractivity contribution < 1.29 is 23.4 Å². The summed E-state index contributed by atoms with van der Waals surface area (Å²) >= 11 is 7.63. The molecule has 3 aromatic carbocycles. The smallest absolute Gasteiger partial charge is 0.333 e. The fourth-order valence-corrected chi connectivity index (χ4v) is 7.64. The van der Waals surface area contributed by atoms with Crippen LogP contribution in [0.1, 0.15) is 42.1 Å². The minimum absolute atomic E-state index is 0.0862. The summed E-state index contributed by atoms with van der Waals surface area (Å²) in [6.07, 6.45) is 1.59. The Labute approximate surface area is 255 Å². The average molecular weight is 623 g/mol. The molecule has 4 heterocycles. The zero-order valence-electron chi connectivity index (χ0n) is 23.4. The number of fused-ring (bicyclic) bond motifs is 2. The van der Waals surface area contributed by atoms with Crippen LogP contribution in [0.5, 0.6) is 0 Å². The number of halogens is 3. The monoisotopic (exact) mass is 622 g/mol. The first-order chi connectivity index (χ1) is 20.8. The number of likely N-dealkylation sites (tertiary alicyclic amines) is 1. The first-order valence-electron chi connectivity index (χ1n) is 14.3. The molecule has 2 saturated heterocycles. The number of carboxylic acids is 1. The summed E-state index contributed by atoms with van der Waals surface area (Å²) in [5.41, 5.74) is 5.95. The summed E-state index contributed by atoms with van der Waals surface area (Å²) in [7, 11) is 0. The highest BCUT2D eigenvalue weighted by Crippen LogP contribution is 2.43. The molecule has 0 radical (unpaired) electrons. The van der Waals surface area contributed by atoms with E-state index >= 15 is 0 Å². The van der Waals surface area contributed by atoms with E-state index < -0.39 is 12.5 Å². The van der Waals surface area contributed by atoms with E-state index in [-0.39, 0.29) is 12.3 Å². The number of carboxylic acid groups (broad SMARTS) is 1. The maximum Gasteiger partial charge on any atom is 0.333 e. The van der Waals surface area contributed by atoms with Crippen LogP contribution >= 0.6 is 22.9 Å². The lowest BCUT2D eigenvalue weighted by Gasteiger charge is -2.41. The lowest BCUT2D eigenvalue weighted by Crippen LogP contribution is -2.51. The molecule has 7 nitrogen and oxygen atoms in total. The van der Waals surface area contributed by atoms with Crippen LogP contribution in [0.15, 0.2) is 48.5 Å². The standard InChI is InChI=1S/C32H29ClF2N4O3S/c1-17-12-25-30(28(23(17)14-27(40)41)18-2-5-21(33)6-3-18)43-31(36-25)20-4-7-26-24(13-20)29(37-39(26)32(34)35)19-8-10-38(11-9-19)22-15-42-16-22/h2-7,12-13,19,22,32H,8-11,14-16H2,1H3,(H,40,41). The fraction of sp³-hybridized carbons (Fsp3) is 0.344. The van der Waals surface area contributed by atoms with Crippen molar-refractivity contribution in [3.8, 4) is 21.7 Å². The van der Waals surface area contributed by atoms with Crippen molar-refractivity contribution in [3.63, 3.8) is 0 Å². The van der Waals surface area contributed by atoms with Gasteiger partial charge in [-0.3, -0.25) is 9.69 Å². The number of hydrogen-bond acceptors (Lipinski definition) is 6. The molecule has 1 N–H and O–H groups in total. The van der Waals surface area contributed by atoms with Crippen LogP contribution in [-0.2, 0) is 16.0 Å². The summed E-state index contributed by atoms with van der Waals surface area (Å²) in [6, 6.07) is 15.2. The van der Waals surface area contributed by atoms with Gasteiger partial charge in [0.05, 0.1) is 47.1 Å². The maximum atomic E-state index is 14.1. The summed E-state index contributed by atoms with van der Waals surface area (Å²) in [5, 5.41) is 16.2. The van der Waals surface area contributed by atoms with E-state index in [4.69, 9.17) is 21.3 Å². The third-order valence-corrected chi connectivity index (χ3v) is 10.1. The van der Waals surface area contributed by atoms with Crippen molar-refractivity contribution in [2.75, 3.05) is 26.3 Å². The molecule has 2 aliphatic rings. The highest BCUT2D eigenvalue weighted by atomic mass is 35.5. The topological polar surface area (TPSA) is 80.5 Å². The number of alkyl halides is 2. The van der Waals surface area contributed by atoms with E-state index in [1.54, 1.807) is 18.2 Å². The van der Waals surface area contributed by atoms with E-state index in [2.05, 4.69) is 10.00 Å². The Morgan fingerprint density at radius 1 is 1.12 bits per heavy atom. The van der Waals surface area contributed by atoms with Crippen molar-refractivity contribution >= 4 is 50.0 Å². The Hall–Kier alpha value is -3.44. The number of nitrogens with zero attached hydrogens (tertiary/aromatic N) is 4. The van der Waals surface area contributed by atoms with Gasteiger partial charge >= 0.3 is 12.5 Å². The Kier molecular flexibility index (Phi) is 7.41. The van der Waals surface area contributed by atoms with Gasteiger partial charge in [-0.05, 0) is 85.9 Å². The van der Waals surface area contributed by atoms with Gasteiger partial charge in [-0.25, -0.2) is 9.67 Å². The molecule has 2 aliphatic heterocycles. The van der Waals surface area contributed by atoms with Gasteiger partial charge in [-0.15, -0.1) is 11.3 Å². The lowest BCUT2D eigenvalue weighted by molar-refractivity contribution is -0.136. The summed E-state index contributed by atoms with van der Waals surface area (Å²) in [4.78, 5) is 19.2. The van der Waals surface area contributed by atoms with Gasteiger partial charge in [0.15, 0.2) is 0 Å². The van der Waals surface area contributed by atoms with E-state index in [1.807, 2.05) is 37.3 Å². The normalized spacial score (nSPS) is 16.9. The van der Waals surface area contributed by atoms with Crippen LogP contribution < -0.4 is 0 Å². The SMILES string of the molecule is Cc1cc2nc(-c3ccc4c(c3)c(C3CCN(C5COC5)CC3)nn4C(F)F)sc2c(-c2ccc(Cl)cc2)c1CC(=O)O. The zero-order chi connectivity index (χ0) is 29.8. The Bertz CT molecular complexity index is 1840. The van der Waals surface area contributed by atoms with Crippen molar-refractivity contribution in [2.24, 2.45) is 0 Å². The molecule has 43 heavy (non-hydrogen) atoms. The first kappa shape index (κ1) is 28.3. The van der Waals surface area contributed by atoms with Gasteiger partial charge in [0.25, 0.3) is 0 Å². The second-order valence-corrected chi connectivity index (χ2v) is 12.8. The second-order valence-electron chi connectivity index (χ2n) is 11.3. The number of aryl methyl sites for hydroxylation is 1. The summed E-state index contributed by atoms with van der Waals surface area (Å²) < 4.78 is 35.2. The van der Waals surface area contributed by atoms with Crippen molar-refractivity contribution in [1.82, 2.24) is 19.7 Å². The number of hydrogen-bond donors (Lipinski definition) is 1. The average Bonchev–Trinajstić information content (AvgIpc) is 3.55. The number of aromatic nitrogens is 3. The highest BCUT2D eigenvalue weighted by molar-refractivity contribution is 7.22. The molecule has 0 saturated carbocycles. The molecule has 0 unspecified atom stereocenters. The number of aliphatic carboxylic acids is 1. The van der Waals surface area contributed by atoms with Crippen molar-refractivity contribution in [1.29, 1.82) is 0 Å². The van der Waals surface area contributed by atoms with Crippen LogP contribution in [0.4, 0.5) is 8.78 Å². The van der Waals surface area contributed by atoms with Crippen molar-refractivity contribution in [3.05, 3.63) is 70.4 Å². The van der Waals surface area contributed by atoms with E-state index in [9.17, 15) is 18.7 Å². The predicted octanol–water partition coefficient (Wildman–Crippen LogP) is 7.54. The molecule has 0 aliphatic carbocycles. The number of rotatable bonds is 7. The van der Waals surface area contributed by atoms with Gasteiger partial charge < -0.3 is 9.84 Å². The van der Waals surface area contributed by atoms with Gasteiger partial charge in [0, 0.05) is 27.5 Å². The van der Waals surface area contributed by atoms with Crippen LogP contribution in [0.2, 0.25) is 5.02 Å². The van der Waals surface area contributed by atoms with Gasteiger partial charge in [0.1, 0.15) is 5.01 Å².